The molecule has 0 bridgehead atoms. The van der Waals surface area contributed by atoms with Crippen LogP contribution in [0.25, 0.3) is 0 Å². The Bertz CT molecular complexity index is 353. The minimum atomic E-state index is -1.50. The van der Waals surface area contributed by atoms with Crippen molar-refractivity contribution in [3.63, 3.8) is 0 Å². The van der Waals surface area contributed by atoms with Gasteiger partial charge in [-0.3, -0.25) is 0 Å². The zero-order valence-corrected chi connectivity index (χ0v) is 12.1. The first-order valence-electron chi connectivity index (χ1n) is 5.24. The van der Waals surface area contributed by atoms with Gasteiger partial charge in [-0.05, 0) is 26.2 Å². The highest BCUT2D eigenvalue weighted by Crippen LogP contribution is 2.39. The van der Waals surface area contributed by atoms with Gasteiger partial charge in [0, 0.05) is 6.04 Å². The van der Waals surface area contributed by atoms with Crippen molar-refractivity contribution < 1.29 is 0 Å². The van der Waals surface area contributed by atoms with Gasteiger partial charge in [0.2, 0.25) is 3.79 Å². The zero-order valence-electron chi connectivity index (χ0n) is 9.84. The van der Waals surface area contributed by atoms with Crippen LogP contribution in [0, 0.1) is 5.92 Å². The van der Waals surface area contributed by atoms with Crippen molar-refractivity contribution in [2.24, 2.45) is 5.92 Å². The minimum absolute atomic E-state index is 0.211. The van der Waals surface area contributed by atoms with E-state index < -0.39 is 3.79 Å². The third kappa shape index (κ3) is 3.25. The molecule has 0 fully saturated rings. The Hall–Kier alpha value is 0.01000. The van der Waals surface area contributed by atoms with E-state index in [1.54, 1.807) is 0 Å². The predicted molar refractivity (Wildman–Crippen MR) is 68.2 cm³/mol. The van der Waals surface area contributed by atoms with Crippen LogP contribution in [-0.4, -0.2) is 15.0 Å². The lowest BCUT2D eigenvalue weighted by Gasteiger charge is -2.15. The molecule has 0 saturated heterocycles. The molecule has 0 atom stereocenters. The molecule has 1 heterocycles. The van der Waals surface area contributed by atoms with Gasteiger partial charge in [0.1, 0.15) is 5.69 Å². The zero-order chi connectivity index (χ0) is 12.5. The Kier molecular flexibility index (Phi) is 4.49. The van der Waals surface area contributed by atoms with Crippen molar-refractivity contribution in [3.8, 4) is 0 Å². The van der Waals surface area contributed by atoms with Crippen LogP contribution in [0.2, 0.25) is 0 Å². The number of aromatic nitrogens is 3. The van der Waals surface area contributed by atoms with E-state index in [4.69, 9.17) is 34.8 Å². The van der Waals surface area contributed by atoms with Gasteiger partial charge in [-0.2, -0.15) is 0 Å². The quantitative estimate of drug-likeness (QED) is 0.789. The van der Waals surface area contributed by atoms with E-state index in [9.17, 15) is 0 Å². The van der Waals surface area contributed by atoms with Gasteiger partial charge in [0.25, 0.3) is 0 Å². The van der Waals surface area contributed by atoms with E-state index in [1.165, 1.54) is 0 Å². The molecule has 0 saturated carbocycles. The summed E-state index contributed by atoms with van der Waals surface area (Å²) in [6.07, 6.45) is 0.800. The van der Waals surface area contributed by atoms with Gasteiger partial charge in [-0.25, -0.2) is 4.68 Å². The van der Waals surface area contributed by atoms with Crippen LogP contribution in [0.5, 0.6) is 0 Å². The molecule has 1 aromatic heterocycles. The van der Waals surface area contributed by atoms with E-state index in [2.05, 4.69) is 24.2 Å². The average Bonchev–Trinajstić information content (AvgIpc) is 2.45. The van der Waals surface area contributed by atoms with Gasteiger partial charge < -0.3 is 0 Å². The lowest BCUT2D eigenvalue weighted by molar-refractivity contribution is 0.477. The van der Waals surface area contributed by atoms with Crippen LogP contribution in [-0.2, 0) is 10.2 Å². The summed E-state index contributed by atoms with van der Waals surface area (Å²) in [5.74, 6) is 0.460. The van der Waals surface area contributed by atoms with Crippen molar-refractivity contribution in [3.05, 3.63) is 11.4 Å². The highest BCUT2D eigenvalue weighted by molar-refractivity contribution is 6.66. The van der Waals surface area contributed by atoms with Crippen LogP contribution in [0.4, 0.5) is 0 Å². The highest BCUT2D eigenvalue weighted by atomic mass is 35.6. The van der Waals surface area contributed by atoms with Crippen LogP contribution in [0.3, 0.4) is 0 Å². The molecule has 1 rings (SSSR count). The third-order valence-corrected chi connectivity index (χ3v) is 2.69. The normalized spacial score (nSPS) is 12.8. The number of alkyl halides is 3. The van der Waals surface area contributed by atoms with E-state index in [0.717, 1.165) is 12.1 Å². The molecule has 0 unspecified atom stereocenters. The van der Waals surface area contributed by atoms with Gasteiger partial charge in [-0.15, -0.1) is 5.10 Å². The predicted octanol–water partition coefficient (Wildman–Crippen LogP) is 3.88. The van der Waals surface area contributed by atoms with Crippen LogP contribution in [0.1, 0.15) is 45.1 Å². The Balaban J connectivity index is 3.20. The first-order chi connectivity index (χ1) is 7.23. The molecule has 0 N–H and O–H groups in total. The Morgan fingerprint density at radius 1 is 1.19 bits per heavy atom. The van der Waals surface area contributed by atoms with Crippen molar-refractivity contribution in [1.82, 2.24) is 15.0 Å². The molecule has 0 amide bonds. The molecule has 6 heteroatoms. The SMILES string of the molecule is CC(C)Cc1c(C(Cl)(Cl)Cl)nnn1C(C)C. The second-order valence-corrected chi connectivity index (χ2v) is 6.80. The fourth-order valence-electron chi connectivity index (χ4n) is 1.53. The summed E-state index contributed by atoms with van der Waals surface area (Å²) in [7, 11) is 0. The minimum Gasteiger partial charge on any atom is -0.246 e. The molecular weight excluding hydrogens is 268 g/mol. The first-order valence-corrected chi connectivity index (χ1v) is 6.38. The molecule has 0 aliphatic carbocycles. The van der Waals surface area contributed by atoms with Crippen molar-refractivity contribution in [2.45, 2.75) is 44.0 Å². The van der Waals surface area contributed by atoms with E-state index in [1.807, 2.05) is 18.5 Å². The topological polar surface area (TPSA) is 30.7 Å². The maximum absolute atomic E-state index is 5.88. The van der Waals surface area contributed by atoms with Gasteiger partial charge in [0.15, 0.2) is 0 Å². The molecular formula is C10H16Cl3N3. The maximum Gasteiger partial charge on any atom is 0.236 e. The van der Waals surface area contributed by atoms with Crippen molar-refractivity contribution in [2.75, 3.05) is 0 Å². The lowest BCUT2D eigenvalue weighted by Crippen LogP contribution is -2.13. The van der Waals surface area contributed by atoms with E-state index >= 15 is 0 Å². The molecule has 0 aromatic carbocycles. The summed E-state index contributed by atoms with van der Waals surface area (Å²) < 4.78 is 0.314. The number of hydrogen-bond donors (Lipinski definition) is 0. The van der Waals surface area contributed by atoms with Crippen molar-refractivity contribution in [1.29, 1.82) is 0 Å². The van der Waals surface area contributed by atoms with E-state index in [-0.39, 0.29) is 6.04 Å². The number of nitrogens with zero attached hydrogens (tertiary/aromatic N) is 3. The summed E-state index contributed by atoms with van der Waals surface area (Å²) in [5.41, 5.74) is 1.35. The molecule has 1 aromatic rings. The Labute approximate surface area is 111 Å². The van der Waals surface area contributed by atoms with Crippen LogP contribution in [0.15, 0.2) is 0 Å². The second-order valence-electron chi connectivity index (χ2n) is 4.52. The molecule has 0 spiro atoms. The summed E-state index contributed by atoms with van der Waals surface area (Å²) in [5, 5.41) is 8.03. The van der Waals surface area contributed by atoms with Crippen LogP contribution < -0.4 is 0 Å². The van der Waals surface area contributed by atoms with Gasteiger partial charge in [-0.1, -0.05) is 53.9 Å². The largest absolute Gasteiger partial charge is 0.246 e. The van der Waals surface area contributed by atoms with E-state index in [0.29, 0.717) is 11.6 Å². The molecule has 92 valence electrons. The maximum atomic E-state index is 5.88. The summed E-state index contributed by atoms with van der Waals surface area (Å²) in [4.78, 5) is 0. The van der Waals surface area contributed by atoms with Crippen LogP contribution >= 0.6 is 34.8 Å². The highest BCUT2D eigenvalue weighted by Gasteiger charge is 2.32. The smallest absolute Gasteiger partial charge is 0.236 e. The lowest BCUT2D eigenvalue weighted by atomic mass is 10.1. The third-order valence-electron chi connectivity index (χ3n) is 2.15. The Morgan fingerprint density at radius 3 is 2.12 bits per heavy atom. The molecule has 0 aliphatic heterocycles. The molecule has 3 nitrogen and oxygen atoms in total. The molecule has 16 heavy (non-hydrogen) atoms. The number of halogens is 3. The second kappa shape index (κ2) is 5.11. The summed E-state index contributed by atoms with van der Waals surface area (Å²) in [6, 6.07) is 0.211. The standard InChI is InChI=1S/C10H16Cl3N3/c1-6(2)5-8-9(10(11,12)13)14-15-16(8)7(3)4/h6-7H,5H2,1-4H3. The fraction of sp³-hybridized carbons (Fsp3) is 0.800. The Morgan fingerprint density at radius 2 is 1.75 bits per heavy atom. The molecule has 0 aliphatic rings. The van der Waals surface area contributed by atoms with Crippen molar-refractivity contribution >= 4 is 34.8 Å². The summed E-state index contributed by atoms with van der Waals surface area (Å²) >= 11 is 17.6. The first kappa shape index (κ1) is 14.1. The molecule has 0 radical (unpaired) electrons. The fourth-order valence-corrected chi connectivity index (χ4v) is 1.97. The monoisotopic (exact) mass is 283 g/mol. The number of hydrogen-bond acceptors (Lipinski definition) is 2. The average molecular weight is 285 g/mol. The van der Waals surface area contributed by atoms with Gasteiger partial charge in [0.05, 0.1) is 5.69 Å². The van der Waals surface area contributed by atoms with Gasteiger partial charge >= 0.3 is 0 Å². The number of rotatable bonds is 3. The summed E-state index contributed by atoms with van der Waals surface area (Å²) in [6.45, 7) is 8.28.